The molecule has 0 bridgehead atoms. The lowest BCUT2D eigenvalue weighted by atomic mass is 10.1. The zero-order valence-corrected chi connectivity index (χ0v) is 13.7. The largest absolute Gasteiger partial charge is 0.226 e. The molecule has 1 aromatic heterocycles. The van der Waals surface area contributed by atoms with Crippen molar-refractivity contribution >= 4 is 45.7 Å². The molecule has 0 aliphatic carbocycles. The van der Waals surface area contributed by atoms with E-state index in [4.69, 9.17) is 34.8 Å². The van der Waals surface area contributed by atoms with Crippen LogP contribution < -0.4 is 0 Å². The van der Waals surface area contributed by atoms with E-state index in [0.29, 0.717) is 26.5 Å². The van der Waals surface area contributed by atoms with Gasteiger partial charge in [0.05, 0.1) is 10.5 Å². The van der Waals surface area contributed by atoms with Crippen molar-refractivity contribution in [3.05, 3.63) is 56.7 Å². The van der Waals surface area contributed by atoms with Crippen molar-refractivity contribution in [3.8, 4) is 11.4 Å². The summed E-state index contributed by atoms with van der Waals surface area (Å²) >= 11 is 18.6. The molecule has 0 saturated heterocycles. The van der Waals surface area contributed by atoms with Gasteiger partial charge in [0.2, 0.25) is 0 Å². The van der Waals surface area contributed by atoms with Gasteiger partial charge >= 0.3 is 0 Å². The van der Waals surface area contributed by atoms with Crippen LogP contribution in [0.4, 0.5) is 0 Å². The number of rotatable bonds is 1. The van der Waals surface area contributed by atoms with Crippen molar-refractivity contribution in [1.82, 2.24) is 9.97 Å². The van der Waals surface area contributed by atoms with E-state index in [0.717, 1.165) is 22.1 Å². The topological polar surface area (TPSA) is 25.8 Å². The van der Waals surface area contributed by atoms with E-state index in [1.807, 2.05) is 44.2 Å². The molecule has 0 amide bonds. The van der Waals surface area contributed by atoms with Crippen LogP contribution in [0, 0.1) is 13.8 Å². The predicted molar refractivity (Wildman–Crippen MR) is 89.5 cm³/mol. The Balaban J connectivity index is 2.27. The summed E-state index contributed by atoms with van der Waals surface area (Å²) in [5.74, 6) is 0.540. The van der Waals surface area contributed by atoms with Crippen molar-refractivity contribution in [3.63, 3.8) is 0 Å². The minimum atomic E-state index is 0.396. The summed E-state index contributed by atoms with van der Waals surface area (Å²) in [6, 6.07) is 9.42. The SMILES string of the molecule is Cc1cc(Cl)c2nc(-c3ccc(Cl)c(C)c3)nc(Cl)c2c1. The van der Waals surface area contributed by atoms with Gasteiger partial charge in [-0.15, -0.1) is 0 Å². The highest BCUT2D eigenvalue weighted by atomic mass is 35.5. The first kappa shape index (κ1) is 14.6. The van der Waals surface area contributed by atoms with Gasteiger partial charge in [-0.1, -0.05) is 34.8 Å². The number of benzene rings is 2. The number of halogens is 3. The molecule has 0 aliphatic rings. The molecular formula is C16H11Cl3N2. The lowest BCUT2D eigenvalue weighted by molar-refractivity contribution is 1.22. The third-order valence-corrected chi connectivity index (χ3v) is 4.27. The first-order valence-electron chi connectivity index (χ1n) is 6.35. The molecule has 2 nitrogen and oxygen atoms in total. The number of hydrogen-bond acceptors (Lipinski definition) is 2. The third kappa shape index (κ3) is 2.71. The van der Waals surface area contributed by atoms with Crippen LogP contribution in [0.3, 0.4) is 0 Å². The average molecular weight is 338 g/mol. The van der Waals surface area contributed by atoms with Crippen molar-refractivity contribution in [2.24, 2.45) is 0 Å². The quantitative estimate of drug-likeness (QED) is 0.519. The Morgan fingerprint density at radius 3 is 2.33 bits per heavy atom. The lowest BCUT2D eigenvalue weighted by Gasteiger charge is -2.08. The first-order valence-corrected chi connectivity index (χ1v) is 7.49. The van der Waals surface area contributed by atoms with Gasteiger partial charge in [0.1, 0.15) is 5.15 Å². The van der Waals surface area contributed by atoms with Crippen LogP contribution in [0.15, 0.2) is 30.3 Å². The van der Waals surface area contributed by atoms with Crippen molar-refractivity contribution in [2.45, 2.75) is 13.8 Å². The van der Waals surface area contributed by atoms with E-state index >= 15 is 0 Å². The molecule has 1 heterocycles. The lowest BCUT2D eigenvalue weighted by Crippen LogP contribution is -1.94. The number of fused-ring (bicyclic) bond motifs is 1. The molecule has 0 aliphatic heterocycles. The van der Waals surface area contributed by atoms with Gasteiger partial charge in [0.15, 0.2) is 5.82 Å². The Labute approximate surface area is 137 Å². The maximum atomic E-state index is 6.29. The highest BCUT2D eigenvalue weighted by Gasteiger charge is 2.12. The molecule has 0 radical (unpaired) electrons. The maximum Gasteiger partial charge on any atom is 0.161 e. The summed E-state index contributed by atoms with van der Waals surface area (Å²) in [5, 5.41) is 2.44. The molecular weight excluding hydrogens is 327 g/mol. The maximum absolute atomic E-state index is 6.29. The van der Waals surface area contributed by atoms with E-state index in [1.54, 1.807) is 0 Å². The van der Waals surface area contributed by atoms with Crippen LogP contribution >= 0.6 is 34.8 Å². The van der Waals surface area contributed by atoms with Crippen LogP contribution in [0.2, 0.25) is 15.2 Å². The van der Waals surface area contributed by atoms with Crippen LogP contribution in [-0.4, -0.2) is 9.97 Å². The van der Waals surface area contributed by atoms with E-state index in [9.17, 15) is 0 Å². The molecule has 2 aromatic carbocycles. The van der Waals surface area contributed by atoms with Gasteiger partial charge in [-0.2, -0.15) is 0 Å². The van der Waals surface area contributed by atoms with Crippen LogP contribution in [0.1, 0.15) is 11.1 Å². The van der Waals surface area contributed by atoms with E-state index in [2.05, 4.69) is 9.97 Å². The van der Waals surface area contributed by atoms with Crippen LogP contribution in [0.25, 0.3) is 22.3 Å². The smallest absolute Gasteiger partial charge is 0.161 e. The van der Waals surface area contributed by atoms with Crippen LogP contribution in [-0.2, 0) is 0 Å². The Morgan fingerprint density at radius 2 is 1.62 bits per heavy atom. The van der Waals surface area contributed by atoms with E-state index < -0.39 is 0 Å². The van der Waals surface area contributed by atoms with Gasteiger partial charge in [0.25, 0.3) is 0 Å². The molecule has 3 aromatic rings. The van der Waals surface area contributed by atoms with Gasteiger partial charge in [-0.3, -0.25) is 0 Å². The zero-order chi connectivity index (χ0) is 15.1. The van der Waals surface area contributed by atoms with Crippen molar-refractivity contribution in [1.29, 1.82) is 0 Å². The Bertz CT molecular complexity index is 860. The Morgan fingerprint density at radius 1 is 0.857 bits per heavy atom. The number of nitrogens with zero attached hydrogens (tertiary/aromatic N) is 2. The predicted octanol–water partition coefficient (Wildman–Crippen LogP) is 5.87. The van der Waals surface area contributed by atoms with Gasteiger partial charge in [-0.25, -0.2) is 9.97 Å². The third-order valence-electron chi connectivity index (χ3n) is 3.27. The molecule has 5 heteroatoms. The zero-order valence-electron chi connectivity index (χ0n) is 11.4. The minimum Gasteiger partial charge on any atom is -0.226 e. The van der Waals surface area contributed by atoms with Crippen LogP contribution in [0.5, 0.6) is 0 Å². The standard InChI is InChI=1S/C16H11Cl3N2/c1-8-5-11-14(13(18)6-8)20-16(21-15(11)19)10-3-4-12(17)9(2)7-10/h3-7H,1-2H3. The molecule has 3 rings (SSSR count). The summed E-state index contributed by atoms with van der Waals surface area (Å²) in [6.45, 7) is 3.89. The average Bonchev–Trinajstić information content (AvgIpc) is 2.43. The summed E-state index contributed by atoms with van der Waals surface area (Å²) in [4.78, 5) is 8.92. The molecule has 0 fully saturated rings. The van der Waals surface area contributed by atoms with Crippen molar-refractivity contribution < 1.29 is 0 Å². The second-order valence-electron chi connectivity index (χ2n) is 4.94. The summed E-state index contributed by atoms with van der Waals surface area (Å²) in [7, 11) is 0. The molecule has 0 spiro atoms. The second kappa shape index (κ2) is 5.45. The molecule has 0 unspecified atom stereocenters. The van der Waals surface area contributed by atoms with Gasteiger partial charge in [0, 0.05) is 16.0 Å². The monoisotopic (exact) mass is 336 g/mol. The second-order valence-corrected chi connectivity index (χ2v) is 6.12. The highest BCUT2D eigenvalue weighted by Crippen LogP contribution is 2.31. The minimum absolute atomic E-state index is 0.396. The summed E-state index contributed by atoms with van der Waals surface area (Å²) in [6.07, 6.45) is 0. The molecule has 21 heavy (non-hydrogen) atoms. The van der Waals surface area contributed by atoms with Gasteiger partial charge < -0.3 is 0 Å². The fourth-order valence-corrected chi connectivity index (χ4v) is 2.86. The number of aryl methyl sites for hydroxylation is 2. The number of hydrogen-bond donors (Lipinski definition) is 0. The normalized spacial score (nSPS) is 11.1. The number of aromatic nitrogens is 2. The highest BCUT2D eigenvalue weighted by molar-refractivity contribution is 6.38. The summed E-state index contributed by atoms with van der Waals surface area (Å²) < 4.78 is 0. The molecule has 106 valence electrons. The first-order chi connectivity index (χ1) is 9.95. The molecule has 0 atom stereocenters. The van der Waals surface area contributed by atoms with Crippen molar-refractivity contribution in [2.75, 3.05) is 0 Å². The molecule has 0 N–H and O–H groups in total. The van der Waals surface area contributed by atoms with E-state index in [-0.39, 0.29) is 0 Å². The molecule has 0 saturated carbocycles. The summed E-state index contributed by atoms with van der Waals surface area (Å²) in [5.41, 5.74) is 3.50. The fraction of sp³-hybridized carbons (Fsp3) is 0.125. The Kier molecular flexibility index (Phi) is 3.78. The fourth-order valence-electron chi connectivity index (χ4n) is 2.20. The van der Waals surface area contributed by atoms with Gasteiger partial charge in [-0.05, 0) is 55.3 Å². The van der Waals surface area contributed by atoms with E-state index in [1.165, 1.54) is 0 Å². The Hall–Kier alpha value is -1.35.